The molecule has 7 heteroatoms. The highest BCUT2D eigenvalue weighted by molar-refractivity contribution is 9.10. The van der Waals surface area contributed by atoms with Crippen LogP contribution in [-0.2, 0) is 11.3 Å². The Morgan fingerprint density at radius 1 is 1.40 bits per heavy atom. The van der Waals surface area contributed by atoms with E-state index in [0.717, 1.165) is 4.47 Å². The van der Waals surface area contributed by atoms with Crippen LogP contribution < -0.4 is 0 Å². The molecule has 0 aliphatic carbocycles. The van der Waals surface area contributed by atoms with E-state index < -0.39 is 6.10 Å². The molecule has 1 atom stereocenters. The molecule has 0 radical (unpaired) electrons. The number of aliphatic hydroxyl groups is 1. The molecule has 0 aliphatic rings. The molecule has 1 N–H and O–H groups in total. The van der Waals surface area contributed by atoms with Crippen LogP contribution in [0.4, 0.5) is 0 Å². The maximum Gasteiger partial charge on any atom is 0.122 e. The molecule has 0 amide bonds. The monoisotopic (exact) mass is 378 g/mol. The van der Waals surface area contributed by atoms with E-state index in [0.29, 0.717) is 34.5 Å². The van der Waals surface area contributed by atoms with Crippen molar-refractivity contribution in [3.63, 3.8) is 0 Å². The summed E-state index contributed by atoms with van der Waals surface area (Å²) in [5.41, 5.74) is 1.18. The molecule has 1 aromatic heterocycles. The lowest BCUT2D eigenvalue weighted by molar-refractivity contribution is 0.171. The number of aliphatic hydroxyl groups excluding tert-OH is 1. The minimum Gasteiger partial charge on any atom is -0.383 e. The van der Waals surface area contributed by atoms with E-state index in [2.05, 4.69) is 21.0 Å². The largest absolute Gasteiger partial charge is 0.383 e. The molecular formula is C13H13BrCl2N2O2. The minimum atomic E-state index is -0.896. The molecule has 2 rings (SSSR count). The van der Waals surface area contributed by atoms with Gasteiger partial charge in [0.2, 0.25) is 0 Å². The first-order valence-corrected chi connectivity index (χ1v) is 7.42. The Hall–Kier alpha value is -0.590. The normalized spacial score (nSPS) is 12.7. The zero-order valence-corrected chi connectivity index (χ0v) is 13.8. The number of halogens is 3. The van der Waals surface area contributed by atoms with Crippen molar-refractivity contribution in [3.8, 4) is 0 Å². The van der Waals surface area contributed by atoms with Gasteiger partial charge in [-0.25, -0.2) is 0 Å². The third-order valence-corrected chi connectivity index (χ3v) is 4.38. The smallest absolute Gasteiger partial charge is 0.122 e. The molecule has 0 saturated carbocycles. The van der Waals surface area contributed by atoms with Crippen LogP contribution in [0.5, 0.6) is 0 Å². The number of hydrogen-bond donors (Lipinski definition) is 1. The summed E-state index contributed by atoms with van der Waals surface area (Å²) < 4.78 is 7.42. The van der Waals surface area contributed by atoms with Crippen LogP contribution in [0.1, 0.15) is 17.4 Å². The van der Waals surface area contributed by atoms with Crippen molar-refractivity contribution in [2.24, 2.45) is 0 Å². The molecule has 0 spiro atoms. The highest BCUT2D eigenvalue weighted by Crippen LogP contribution is 2.32. The van der Waals surface area contributed by atoms with E-state index in [1.54, 1.807) is 30.0 Å². The second-order valence-electron chi connectivity index (χ2n) is 4.17. The van der Waals surface area contributed by atoms with Gasteiger partial charge < -0.3 is 9.84 Å². The van der Waals surface area contributed by atoms with Crippen molar-refractivity contribution in [2.45, 2.75) is 12.6 Å². The SMILES string of the molecule is COCCn1ncc(Cl)c1C(O)c1ccc(Br)c(Cl)c1. The summed E-state index contributed by atoms with van der Waals surface area (Å²) in [5, 5.41) is 15.6. The molecule has 1 heterocycles. The van der Waals surface area contributed by atoms with Gasteiger partial charge >= 0.3 is 0 Å². The van der Waals surface area contributed by atoms with Gasteiger partial charge in [0.15, 0.2) is 0 Å². The molecule has 1 aromatic carbocycles. The van der Waals surface area contributed by atoms with Gasteiger partial charge in [0.25, 0.3) is 0 Å². The number of nitrogens with zero attached hydrogens (tertiary/aromatic N) is 2. The Kier molecular flexibility index (Phi) is 5.46. The maximum absolute atomic E-state index is 10.5. The standard InChI is InChI=1S/C13H13BrCl2N2O2/c1-20-5-4-18-12(11(16)7-17-18)13(19)8-2-3-9(14)10(15)6-8/h2-3,6-7,13,19H,4-5H2,1H3. The van der Waals surface area contributed by atoms with Crippen LogP contribution in [0.3, 0.4) is 0 Å². The summed E-state index contributed by atoms with van der Waals surface area (Å²) >= 11 is 15.5. The molecule has 20 heavy (non-hydrogen) atoms. The van der Waals surface area contributed by atoms with Gasteiger partial charge in [-0.15, -0.1) is 0 Å². The quantitative estimate of drug-likeness (QED) is 0.861. The fourth-order valence-electron chi connectivity index (χ4n) is 1.84. The molecule has 4 nitrogen and oxygen atoms in total. The van der Waals surface area contributed by atoms with E-state index in [9.17, 15) is 5.11 Å². The van der Waals surface area contributed by atoms with Gasteiger partial charge in [0.1, 0.15) is 6.10 Å². The predicted molar refractivity (Wildman–Crippen MR) is 82.3 cm³/mol. The zero-order chi connectivity index (χ0) is 14.7. The Bertz CT molecular complexity index is 604. The Labute approximate surface area is 135 Å². The highest BCUT2D eigenvalue weighted by atomic mass is 79.9. The topological polar surface area (TPSA) is 47.3 Å². The average molecular weight is 380 g/mol. The number of benzene rings is 1. The Balaban J connectivity index is 2.34. The lowest BCUT2D eigenvalue weighted by atomic mass is 10.1. The first kappa shape index (κ1) is 15.8. The number of methoxy groups -OCH3 is 1. The van der Waals surface area contributed by atoms with E-state index in [1.807, 2.05) is 0 Å². The molecule has 108 valence electrons. The lowest BCUT2D eigenvalue weighted by Gasteiger charge is -2.15. The summed E-state index contributed by atoms with van der Waals surface area (Å²) in [4.78, 5) is 0. The van der Waals surface area contributed by atoms with Crippen LogP contribution in [0.25, 0.3) is 0 Å². The van der Waals surface area contributed by atoms with Crippen LogP contribution in [0, 0.1) is 0 Å². The Morgan fingerprint density at radius 3 is 2.80 bits per heavy atom. The van der Waals surface area contributed by atoms with Crippen molar-refractivity contribution in [2.75, 3.05) is 13.7 Å². The van der Waals surface area contributed by atoms with Gasteiger partial charge in [-0.05, 0) is 33.6 Å². The molecular weight excluding hydrogens is 367 g/mol. The Morgan fingerprint density at radius 2 is 2.15 bits per heavy atom. The van der Waals surface area contributed by atoms with Crippen molar-refractivity contribution >= 4 is 39.1 Å². The third kappa shape index (κ3) is 3.35. The molecule has 1 unspecified atom stereocenters. The van der Waals surface area contributed by atoms with Crippen LogP contribution in [0.15, 0.2) is 28.9 Å². The summed E-state index contributed by atoms with van der Waals surface area (Å²) in [6.45, 7) is 0.999. The van der Waals surface area contributed by atoms with Crippen molar-refractivity contribution in [1.29, 1.82) is 0 Å². The molecule has 0 bridgehead atoms. The average Bonchev–Trinajstić information content (AvgIpc) is 2.80. The second kappa shape index (κ2) is 6.91. The number of ether oxygens (including phenoxy) is 1. The van der Waals surface area contributed by atoms with Gasteiger partial charge in [0.05, 0.1) is 35.1 Å². The van der Waals surface area contributed by atoms with Gasteiger partial charge in [-0.1, -0.05) is 29.3 Å². The van der Waals surface area contributed by atoms with Gasteiger partial charge in [-0.3, -0.25) is 4.68 Å². The number of rotatable bonds is 5. The molecule has 0 fully saturated rings. The summed E-state index contributed by atoms with van der Waals surface area (Å²) in [6, 6.07) is 5.26. The molecule has 0 saturated heterocycles. The number of hydrogen-bond acceptors (Lipinski definition) is 3. The van der Waals surface area contributed by atoms with E-state index in [1.165, 1.54) is 6.20 Å². The van der Waals surface area contributed by atoms with Gasteiger partial charge in [0, 0.05) is 11.6 Å². The first-order valence-electron chi connectivity index (χ1n) is 5.87. The van der Waals surface area contributed by atoms with Crippen molar-refractivity contribution < 1.29 is 9.84 Å². The second-order valence-corrected chi connectivity index (χ2v) is 5.84. The summed E-state index contributed by atoms with van der Waals surface area (Å²) in [7, 11) is 1.61. The van der Waals surface area contributed by atoms with Crippen LogP contribution in [-0.4, -0.2) is 28.6 Å². The number of aromatic nitrogens is 2. The molecule has 0 aliphatic heterocycles. The first-order chi connectivity index (χ1) is 9.54. The van der Waals surface area contributed by atoms with Crippen molar-refractivity contribution in [1.82, 2.24) is 9.78 Å². The fraction of sp³-hybridized carbons (Fsp3) is 0.308. The van der Waals surface area contributed by atoms with Crippen molar-refractivity contribution in [3.05, 3.63) is 50.2 Å². The summed E-state index contributed by atoms with van der Waals surface area (Å²) in [5.74, 6) is 0. The highest BCUT2D eigenvalue weighted by Gasteiger charge is 2.20. The van der Waals surface area contributed by atoms with Crippen LogP contribution in [0.2, 0.25) is 10.0 Å². The van der Waals surface area contributed by atoms with Crippen LogP contribution >= 0.6 is 39.1 Å². The third-order valence-electron chi connectivity index (χ3n) is 2.86. The summed E-state index contributed by atoms with van der Waals surface area (Å²) in [6.07, 6.45) is 0.614. The minimum absolute atomic E-state index is 0.410. The zero-order valence-electron chi connectivity index (χ0n) is 10.7. The van der Waals surface area contributed by atoms with E-state index >= 15 is 0 Å². The molecule has 2 aromatic rings. The maximum atomic E-state index is 10.5. The fourth-order valence-corrected chi connectivity index (χ4v) is 2.52. The predicted octanol–water partition coefficient (Wildman–Crippen LogP) is 3.68. The lowest BCUT2D eigenvalue weighted by Crippen LogP contribution is -2.13. The van der Waals surface area contributed by atoms with E-state index in [-0.39, 0.29) is 0 Å². The van der Waals surface area contributed by atoms with E-state index in [4.69, 9.17) is 27.9 Å². The van der Waals surface area contributed by atoms with Gasteiger partial charge in [-0.2, -0.15) is 5.10 Å².